The van der Waals surface area contributed by atoms with Gasteiger partial charge in [0.25, 0.3) is 0 Å². The molecule has 0 fully saturated rings. The zero-order valence-electron chi connectivity index (χ0n) is 38.6. The van der Waals surface area contributed by atoms with Gasteiger partial charge in [-0.1, -0.05) is 181 Å². The first-order valence-corrected chi connectivity index (χ1v) is 23.7. The zero-order valence-corrected chi connectivity index (χ0v) is 38.6. The number of para-hydroxylation sites is 3. The Morgan fingerprint density at radius 3 is 1.13 bits per heavy atom. The van der Waals surface area contributed by atoms with Crippen molar-refractivity contribution in [2.45, 2.75) is 38.5 Å². The monoisotopic (exact) mass is 872 g/mol. The van der Waals surface area contributed by atoms with Crippen LogP contribution in [0.15, 0.2) is 218 Å². The second kappa shape index (κ2) is 15.1. The number of nitrogens with zero attached hydrogens (tertiary/aromatic N) is 4. The smallest absolute Gasteiger partial charge is 0.126 e. The average Bonchev–Trinajstić information content (AvgIpc) is 3.38. The van der Waals surface area contributed by atoms with E-state index in [0.717, 1.165) is 45.3 Å². The van der Waals surface area contributed by atoms with Gasteiger partial charge in [0, 0.05) is 28.1 Å². The molecule has 1 aliphatic carbocycles. The highest BCUT2D eigenvalue weighted by atomic mass is 15.2. The minimum Gasteiger partial charge on any atom is -0.310 e. The standard InChI is InChI=1S/C64H48N4/c1-41-31-37-59-55(39-41)64(56-40-42(2)32-38-60(56)68(59)48-35-33-46(34-36-48)62-43(3)61(65-44(4)66-62)45-19-7-5-8-20-45)51-25-13-11-23-49(51)63(50-24-12-14-26-52(50)64)53-27-15-17-29-57(53)67(47-21-9-6-10-22-47)58-30-18-16-28-54(58)63/h5-40H,1-4H3. The van der Waals surface area contributed by atoms with Gasteiger partial charge >= 0.3 is 0 Å². The van der Waals surface area contributed by atoms with Crippen molar-refractivity contribution in [1.82, 2.24) is 9.97 Å². The lowest BCUT2D eigenvalue weighted by Crippen LogP contribution is -2.49. The topological polar surface area (TPSA) is 32.3 Å². The maximum Gasteiger partial charge on any atom is 0.126 e. The van der Waals surface area contributed by atoms with Crippen molar-refractivity contribution < 1.29 is 0 Å². The molecule has 68 heavy (non-hydrogen) atoms. The first-order chi connectivity index (χ1) is 33.4. The van der Waals surface area contributed by atoms with Gasteiger partial charge in [0.05, 0.1) is 45.0 Å². The van der Waals surface area contributed by atoms with Crippen LogP contribution in [0.2, 0.25) is 0 Å². The fourth-order valence-electron chi connectivity index (χ4n) is 12.2. The van der Waals surface area contributed by atoms with Crippen LogP contribution in [0, 0.1) is 27.7 Å². The highest BCUT2D eigenvalue weighted by Crippen LogP contribution is 2.68. The van der Waals surface area contributed by atoms with Gasteiger partial charge in [-0.15, -0.1) is 0 Å². The van der Waals surface area contributed by atoms with E-state index in [2.05, 4.69) is 243 Å². The maximum absolute atomic E-state index is 5.02. The predicted molar refractivity (Wildman–Crippen MR) is 279 cm³/mol. The van der Waals surface area contributed by atoms with Crippen LogP contribution in [-0.4, -0.2) is 9.97 Å². The van der Waals surface area contributed by atoms with Gasteiger partial charge in [0.15, 0.2) is 0 Å². The third-order valence-corrected chi connectivity index (χ3v) is 14.9. The normalized spacial score (nSPS) is 14.4. The lowest BCUT2D eigenvalue weighted by atomic mass is 9.49. The molecule has 0 atom stereocenters. The number of rotatable bonds is 4. The first kappa shape index (κ1) is 40.0. The number of benzene rings is 9. The Hall–Kier alpha value is -8.34. The molecule has 0 bridgehead atoms. The number of aromatic nitrogens is 2. The molecule has 1 aromatic heterocycles. The summed E-state index contributed by atoms with van der Waals surface area (Å²) in [6.07, 6.45) is 0. The Morgan fingerprint density at radius 1 is 0.309 bits per heavy atom. The van der Waals surface area contributed by atoms with E-state index in [4.69, 9.17) is 9.97 Å². The molecule has 2 aliphatic heterocycles. The molecule has 0 radical (unpaired) electrons. The molecule has 3 aliphatic rings. The Labute approximate surface area is 398 Å². The van der Waals surface area contributed by atoms with Crippen LogP contribution in [-0.2, 0) is 10.8 Å². The summed E-state index contributed by atoms with van der Waals surface area (Å²) in [6.45, 7) is 8.60. The van der Waals surface area contributed by atoms with Crippen LogP contribution in [0.1, 0.15) is 67.0 Å². The van der Waals surface area contributed by atoms with Gasteiger partial charge in [-0.05, 0) is 121 Å². The van der Waals surface area contributed by atoms with Crippen molar-refractivity contribution >= 4 is 34.1 Å². The Balaban J connectivity index is 1.06. The Kier molecular flexibility index (Phi) is 8.88. The molecule has 3 heterocycles. The van der Waals surface area contributed by atoms with Crippen molar-refractivity contribution in [3.63, 3.8) is 0 Å². The second-order valence-corrected chi connectivity index (χ2v) is 18.7. The largest absolute Gasteiger partial charge is 0.310 e. The van der Waals surface area contributed by atoms with Gasteiger partial charge in [-0.3, -0.25) is 0 Å². The summed E-state index contributed by atoms with van der Waals surface area (Å²) in [5.74, 6) is 0.756. The van der Waals surface area contributed by atoms with Crippen LogP contribution < -0.4 is 9.80 Å². The number of aryl methyl sites for hydroxylation is 3. The van der Waals surface area contributed by atoms with Crippen LogP contribution in [0.4, 0.5) is 34.1 Å². The molecular weight excluding hydrogens is 825 g/mol. The second-order valence-electron chi connectivity index (χ2n) is 18.7. The van der Waals surface area contributed by atoms with E-state index in [1.54, 1.807) is 0 Å². The lowest BCUT2D eigenvalue weighted by Gasteiger charge is -2.56. The summed E-state index contributed by atoms with van der Waals surface area (Å²) in [4.78, 5) is 14.9. The van der Waals surface area contributed by atoms with E-state index in [1.165, 1.54) is 78.4 Å². The summed E-state index contributed by atoms with van der Waals surface area (Å²) in [5, 5.41) is 0. The van der Waals surface area contributed by atoms with E-state index in [9.17, 15) is 0 Å². The van der Waals surface area contributed by atoms with E-state index in [1.807, 2.05) is 13.0 Å². The van der Waals surface area contributed by atoms with Crippen LogP contribution in [0.25, 0.3) is 22.5 Å². The van der Waals surface area contributed by atoms with E-state index < -0.39 is 10.8 Å². The minimum absolute atomic E-state index is 0.629. The zero-order chi connectivity index (χ0) is 45.7. The molecule has 0 saturated heterocycles. The summed E-state index contributed by atoms with van der Waals surface area (Å²) in [7, 11) is 0. The molecular formula is C64H48N4. The number of hydrogen-bond donors (Lipinski definition) is 0. The Bertz CT molecular complexity index is 3480. The van der Waals surface area contributed by atoms with E-state index in [0.29, 0.717) is 0 Å². The molecule has 2 spiro atoms. The van der Waals surface area contributed by atoms with Crippen molar-refractivity contribution in [1.29, 1.82) is 0 Å². The van der Waals surface area contributed by atoms with Gasteiger partial charge in [0.1, 0.15) is 5.82 Å². The molecule has 4 heteroatoms. The molecule has 9 aromatic carbocycles. The summed E-state index contributed by atoms with van der Waals surface area (Å²) in [5.41, 5.74) is 23.5. The van der Waals surface area contributed by atoms with Crippen LogP contribution in [0.5, 0.6) is 0 Å². The van der Waals surface area contributed by atoms with Crippen molar-refractivity contribution in [3.8, 4) is 22.5 Å². The highest BCUT2D eigenvalue weighted by Gasteiger charge is 2.59. The van der Waals surface area contributed by atoms with Crippen molar-refractivity contribution in [2.24, 2.45) is 0 Å². The summed E-state index contributed by atoms with van der Waals surface area (Å²) >= 11 is 0. The van der Waals surface area contributed by atoms with Crippen molar-refractivity contribution in [3.05, 3.63) is 285 Å². The van der Waals surface area contributed by atoms with Gasteiger partial charge in [0.2, 0.25) is 0 Å². The predicted octanol–water partition coefficient (Wildman–Crippen LogP) is 15.7. The van der Waals surface area contributed by atoms with Gasteiger partial charge < -0.3 is 9.80 Å². The molecule has 0 amide bonds. The number of anilines is 6. The van der Waals surface area contributed by atoms with Gasteiger partial charge in [-0.25, -0.2) is 9.97 Å². The highest BCUT2D eigenvalue weighted by molar-refractivity contribution is 5.95. The van der Waals surface area contributed by atoms with Crippen LogP contribution >= 0.6 is 0 Å². The third kappa shape index (κ3) is 5.49. The molecule has 0 saturated carbocycles. The van der Waals surface area contributed by atoms with E-state index in [-0.39, 0.29) is 0 Å². The Morgan fingerprint density at radius 2 is 0.662 bits per heavy atom. The average molecular weight is 873 g/mol. The number of fused-ring (bicyclic) bond motifs is 14. The fourth-order valence-corrected chi connectivity index (χ4v) is 12.2. The molecule has 10 aromatic rings. The summed E-state index contributed by atoms with van der Waals surface area (Å²) in [6, 6.07) is 81.4. The lowest BCUT2D eigenvalue weighted by molar-refractivity contribution is 0.607. The van der Waals surface area contributed by atoms with Gasteiger partial charge in [-0.2, -0.15) is 0 Å². The first-order valence-electron chi connectivity index (χ1n) is 23.7. The summed E-state index contributed by atoms with van der Waals surface area (Å²) < 4.78 is 0. The minimum atomic E-state index is -0.665. The quantitative estimate of drug-likeness (QED) is 0.176. The molecule has 0 unspecified atom stereocenters. The third-order valence-electron chi connectivity index (χ3n) is 14.9. The maximum atomic E-state index is 5.02. The molecule has 13 rings (SSSR count). The van der Waals surface area contributed by atoms with Crippen LogP contribution in [0.3, 0.4) is 0 Å². The fraction of sp³-hybridized carbons (Fsp3) is 0.0938. The molecule has 0 N–H and O–H groups in total. The molecule has 324 valence electrons. The number of hydrogen-bond acceptors (Lipinski definition) is 4. The SMILES string of the molecule is Cc1ccc2c(c1)C1(c3cc(C)ccc3N2c2ccc(-c3nc(C)nc(-c4ccccc4)c3C)cc2)c2ccccc2C2(c3ccccc3N(c3ccccc3)c3ccccc32)c2ccccc21. The van der Waals surface area contributed by atoms with E-state index >= 15 is 0 Å². The molecule has 4 nitrogen and oxygen atoms in total. The van der Waals surface area contributed by atoms with Crippen molar-refractivity contribution in [2.75, 3.05) is 9.80 Å².